The molecule has 1 N–H and O–H groups in total. The van der Waals surface area contributed by atoms with E-state index in [4.69, 9.17) is 4.42 Å². The van der Waals surface area contributed by atoms with Crippen LogP contribution >= 0.6 is 0 Å². The van der Waals surface area contributed by atoms with Gasteiger partial charge in [-0.15, -0.1) is 5.10 Å². The summed E-state index contributed by atoms with van der Waals surface area (Å²) in [6, 6.07) is 12.0. The highest BCUT2D eigenvalue weighted by atomic mass is 16.4. The fourth-order valence-electron chi connectivity index (χ4n) is 2.29. The van der Waals surface area contributed by atoms with Gasteiger partial charge in [-0.1, -0.05) is 23.4 Å². The molecule has 7 nitrogen and oxygen atoms in total. The van der Waals surface area contributed by atoms with Gasteiger partial charge in [-0.2, -0.15) is 4.98 Å². The van der Waals surface area contributed by atoms with Crippen LogP contribution in [0.4, 0.5) is 6.01 Å². The Labute approximate surface area is 132 Å². The summed E-state index contributed by atoms with van der Waals surface area (Å²) >= 11 is 0. The van der Waals surface area contributed by atoms with Gasteiger partial charge in [0.05, 0.1) is 19.3 Å². The van der Waals surface area contributed by atoms with Crippen molar-refractivity contribution in [1.82, 2.24) is 25.0 Å². The number of anilines is 1. The smallest absolute Gasteiger partial charge is 0.296 e. The minimum Gasteiger partial charge on any atom is -0.424 e. The van der Waals surface area contributed by atoms with Gasteiger partial charge in [-0.05, 0) is 23.8 Å². The summed E-state index contributed by atoms with van der Waals surface area (Å²) in [5.74, 6) is 0. The van der Waals surface area contributed by atoms with Crippen LogP contribution in [-0.4, -0.2) is 25.0 Å². The number of nitrogens with zero attached hydrogens (tertiary/aromatic N) is 5. The van der Waals surface area contributed by atoms with Gasteiger partial charge in [-0.25, -0.2) is 4.68 Å². The maximum Gasteiger partial charge on any atom is 0.296 e. The van der Waals surface area contributed by atoms with Crippen LogP contribution in [0.15, 0.2) is 59.4 Å². The minimum atomic E-state index is 0.480. The summed E-state index contributed by atoms with van der Waals surface area (Å²) in [6.45, 7) is 1.14. The normalized spacial score (nSPS) is 11.0. The average Bonchev–Trinajstić information content (AvgIpc) is 3.20. The summed E-state index contributed by atoms with van der Waals surface area (Å²) in [5, 5.41) is 11.4. The lowest BCUT2D eigenvalue weighted by atomic mass is 10.3. The Morgan fingerprint density at radius 2 is 2.09 bits per heavy atom. The molecule has 1 aromatic carbocycles. The van der Waals surface area contributed by atoms with Crippen LogP contribution in [0.25, 0.3) is 11.1 Å². The van der Waals surface area contributed by atoms with Gasteiger partial charge in [0.15, 0.2) is 5.58 Å². The van der Waals surface area contributed by atoms with Gasteiger partial charge in [0.2, 0.25) is 0 Å². The molecule has 3 heterocycles. The molecule has 0 aliphatic heterocycles. The second kappa shape index (κ2) is 5.88. The lowest BCUT2D eigenvalue weighted by Crippen LogP contribution is -2.01. The van der Waals surface area contributed by atoms with Gasteiger partial charge in [0.1, 0.15) is 11.2 Å². The summed E-state index contributed by atoms with van der Waals surface area (Å²) in [5.41, 5.74) is 3.48. The summed E-state index contributed by atoms with van der Waals surface area (Å²) in [6.07, 6.45) is 5.46. The number of nitrogens with one attached hydrogen (secondary N) is 1. The van der Waals surface area contributed by atoms with Crippen LogP contribution in [0.5, 0.6) is 0 Å². The van der Waals surface area contributed by atoms with Crippen LogP contribution in [-0.2, 0) is 13.1 Å². The molecule has 0 saturated heterocycles. The Hall–Kier alpha value is -3.22. The monoisotopic (exact) mass is 306 g/mol. The molecule has 0 spiro atoms. The van der Waals surface area contributed by atoms with Crippen molar-refractivity contribution in [2.24, 2.45) is 0 Å². The van der Waals surface area contributed by atoms with E-state index in [1.807, 2.05) is 48.8 Å². The fraction of sp³-hybridized carbons (Fsp3) is 0.125. The van der Waals surface area contributed by atoms with Gasteiger partial charge in [0.25, 0.3) is 6.01 Å². The Morgan fingerprint density at radius 1 is 1.13 bits per heavy atom. The predicted octanol–water partition coefficient (Wildman–Crippen LogP) is 2.47. The van der Waals surface area contributed by atoms with E-state index in [0.717, 1.165) is 22.4 Å². The largest absolute Gasteiger partial charge is 0.424 e. The standard InChI is InChI=1S/C16H14N6O/c1-2-6-15-14(5-1)19-16(23-15)18-9-13-11-22(21-20-13)10-12-4-3-7-17-8-12/h1-8,11H,9-10H2,(H,18,19). The van der Waals surface area contributed by atoms with Crippen molar-refractivity contribution < 1.29 is 4.42 Å². The SMILES string of the molecule is c1cncc(Cn2cc(CNc3nc4ccccc4o3)nn2)c1. The summed E-state index contributed by atoms with van der Waals surface area (Å²) < 4.78 is 7.38. The van der Waals surface area contributed by atoms with Crippen molar-refractivity contribution in [3.05, 3.63) is 66.2 Å². The zero-order valence-corrected chi connectivity index (χ0v) is 12.3. The molecule has 0 radical (unpaired) electrons. The van der Waals surface area contributed by atoms with E-state index < -0.39 is 0 Å². The Kier molecular flexibility index (Phi) is 3.44. The lowest BCUT2D eigenvalue weighted by Gasteiger charge is -1.99. The zero-order valence-electron chi connectivity index (χ0n) is 12.3. The van der Waals surface area contributed by atoms with Gasteiger partial charge >= 0.3 is 0 Å². The maximum absolute atomic E-state index is 5.61. The molecule has 7 heteroatoms. The third-order valence-corrected chi connectivity index (χ3v) is 3.37. The van der Waals surface area contributed by atoms with E-state index >= 15 is 0 Å². The molecule has 0 saturated carbocycles. The number of benzene rings is 1. The number of aromatic nitrogens is 5. The molecular formula is C16H14N6O. The second-order valence-corrected chi connectivity index (χ2v) is 5.11. The molecule has 0 fully saturated rings. The van der Waals surface area contributed by atoms with Crippen molar-refractivity contribution >= 4 is 17.1 Å². The highest BCUT2D eigenvalue weighted by Crippen LogP contribution is 2.18. The Morgan fingerprint density at radius 3 is 2.96 bits per heavy atom. The molecule has 0 atom stereocenters. The Bertz CT molecular complexity index is 881. The molecular weight excluding hydrogens is 292 g/mol. The molecule has 4 aromatic rings. The van der Waals surface area contributed by atoms with Crippen LogP contribution in [0.2, 0.25) is 0 Å². The third-order valence-electron chi connectivity index (χ3n) is 3.37. The van der Waals surface area contributed by atoms with Crippen molar-refractivity contribution in [1.29, 1.82) is 0 Å². The van der Waals surface area contributed by atoms with Gasteiger partial charge in [0, 0.05) is 12.4 Å². The van der Waals surface area contributed by atoms with E-state index in [2.05, 4.69) is 25.6 Å². The first-order chi connectivity index (χ1) is 11.4. The number of oxazole rings is 1. The first-order valence-electron chi connectivity index (χ1n) is 7.24. The number of hydrogen-bond donors (Lipinski definition) is 1. The predicted molar refractivity (Wildman–Crippen MR) is 84.7 cm³/mol. The molecule has 0 bridgehead atoms. The van der Waals surface area contributed by atoms with E-state index in [1.54, 1.807) is 10.9 Å². The van der Waals surface area contributed by atoms with E-state index in [1.165, 1.54) is 0 Å². The molecule has 4 rings (SSSR count). The van der Waals surface area contributed by atoms with E-state index in [-0.39, 0.29) is 0 Å². The fourth-order valence-corrected chi connectivity index (χ4v) is 2.29. The summed E-state index contributed by atoms with van der Waals surface area (Å²) in [7, 11) is 0. The number of hydrogen-bond acceptors (Lipinski definition) is 6. The topological polar surface area (TPSA) is 81.7 Å². The number of pyridine rings is 1. The first-order valence-corrected chi connectivity index (χ1v) is 7.24. The van der Waals surface area contributed by atoms with Crippen molar-refractivity contribution in [2.75, 3.05) is 5.32 Å². The van der Waals surface area contributed by atoms with Crippen molar-refractivity contribution in [2.45, 2.75) is 13.1 Å². The molecule has 0 amide bonds. The maximum atomic E-state index is 5.61. The van der Waals surface area contributed by atoms with Crippen molar-refractivity contribution in [3.63, 3.8) is 0 Å². The first kappa shape index (κ1) is 13.4. The van der Waals surface area contributed by atoms with Gasteiger partial charge < -0.3 is 9.73 Å². The molecule has 114 valence electrons. The van der Waals surface area contributed by atoms with Crippen LogP contribution in [0.1, 0.15) is 11.3 Å². The number of rotatable bonds is 5. The highest BCUT2D eigenvalue weighted by Gasteiger charge is 2.06. The molecule has 3 aromatic heterocycles. The molecule has 23 heavy (non-hydrogen) atoms. The second-order valence-electron chi connectivity index (χ2n) is 5.11. The van der Waals surface area contributed by atoms with E-state index in [9.17, 15) is 0 Å². The molecule has 0 aliphatic carbocycles. The van der Waals surface area contributed by atoms with Crippen molar-refractivity contribution in [3.8, 4) is 0 Å². The number of para-hydroxylation sites is 2. The third kappa shape index (κ3) is 3.03. The quantitative estimate of drug-likeness (QED) is 0.610. The molecule has 0 unspecified atom stereocenters. The number of fused-ring (bicyclic) bond motifs is 1. The minimum absolute atomic E-state index is 0.480. The van der Waals surface area contributed by atoms with Crippen LogP contribution < -0.4 is 5.32 Å². The van der Waals surface area contributed by atoms with E-state index in [0.29, 0.717) is 19.1 Å². The summed E-state index contributed by atoms with van der Waals surface area (Å²) in [4.78, 5) is 8.45. The lowest BCUT2D eigenvalue weighted by molar-refractivity contribution is 0.613. The Balaban J connectivity index is 1.41. The van der Waals surface area contributed by atoms with Gasteiger partial charge in [-0.3, -0.25) is 4.98 Å². The van der Waals surface area contributed by atoms with Crippen LogP contribution in [0.3, 0.4) is 0 Å². The average molecular weight is 306 g/mol. The zero-order chi connectivity index (χ0) is 15.5. The highest BCUT2D eigenvalue weighted by molar-refractivity contribution is 5.74. The molecule has 0 aliphatic rings. The van der Waals surface area contributed by atoms with Crippen LogP contribution in [0, 0.1) is 0 Å².